The van der Waals surface area contributed by atoms with E-state index in [1.807, 2.05) is 4.90 Å². The molecule has 0 unspecified atom stereocenters. The molecule has 1 aromatic carbocycles. The Balaban J connectivity index is 1.47. The Labute approximate surface area is 173 Å². The molecule has 29 heavy (non-hydrogen) atoms. The van der Waals surface area contributed by atoms with E-state index >= 15 is 0 Å². The highest BCUT2D eigenvalue weighted by atomic mass is 16.2. The van der Waals surface area contributed by atoms with Crippen molar-refractivity contribution in [3.8, 4) is 12.3 Å². The highest BCUT2D eigenvalue weighted by Gasteiger charge is 2.39. The molecule has 0 bridgehead atoms. The number of nitrogens with zero attached hydrogens (tertiary/aromatic N) is 2. The molecule has 2 fully saturated rings. The van der Waals surface area contributed by atoms with Crippen molar-refractivity contribution in [2.75, 3.05) is 19.6 Å². The lowest BCUT2D eigenvalue weighted by Gasteiger charge is -2.40. The van der Waals surface area contributed by atoms with E-state index in [4.69, 9.17) is 6.42 Å². The molecule has 1 saturated carbocycles. The zero-order chi connectivity index (χ0) is 20.2. The van der Waals surface area contributed by atoms with Gasteiger partial charge in [0.05, 0.1) is 19.0 Å². The number of terminal acetylenes is 1. The molecule has 4 rings (SSSR count). The maximum Gasteiger partial charge on any atom is 0.237 e. The van der Waals surface area contributed by atoms with Crippen LogP contribution in [0, 0.1) is 12.3 Å². The Kier molecular flexibility index (Phi) is 6.20. The molecule has 1 saturated heterocycles. The second-order valence-corrected chi connectivity index (χ2v) is 8.60. The standard InChI is InChI=1S/C24H31N3O2/c1-2-13-27(20-10-4-3-5-11-20)23(28)17-22-24(29)25-12-14-26(22)21-15-18-8-6-7-9-19(18)16-21/h1,6-9,20-22H,3-5,10-17H2,(H,25,29)/t22-/m0/s1. The summed E-state index contributed by atoms with van der Waals surface area (Å²) in [6.07, 6.45) is 13.3. The third kappa shape index (κ3) is 4.33. The van der Waals surface area contributed by atoms with E-state index in [2.05, 4.69) is 40.4 Å². The Bertz CT molecular complexity index is 769. The van der Waals surface area contributed by atoms with E-state index in [0.29, 0.717) is 13.1 Å². The maximum atomic E-state index is 13.2. The zero-order valence-corrected chi connectivity index (χ0v) is 17.1. The second-order valence-electron chi connectivity index (χ2n) is 8.60. The van der Waals surface area contributed by atoms with Crippen LogP contribution in [0.5, 0.6) is 0 Å². The molecule has 1 N–H and O–H groups in total. The van der Waals surface area contributed by atoms with Gasteiger partial charge < -0.3 is 10.2 Å². The van der Waals surface area contributed by atoms with Crippen molar-refractivity contribution in [1.82, 2.24) is 15.1 Å². The topological polar surface area (TPSA) is 52.7 Å². The van der Waals surface area contributed by atoms with Gasteiger partial charge in [-0.15, -0.1) is 6.42 Å². The van der Waals surface area contributed by atoms with Crippen LogP contribution in [0.15, 0.2) is 24.3 Å². The summed E-state index contributed by atoms with van der Waals surface area (Å²) >= 11 is 0. The fourth-order valence-electron chi connectivity index (χ4n) is 5.34. The maximum absolute atomic E-state index is 13.2. The molecule has 5 heteroatoms. The molecule has 1 atom stereocenters. The van der Waals surface area contributed by atoms with E-state index in [1.165, 1.54) is 17.5 Å². The van der Waals surface area contributed by atoms with Gasteiger partial charge in [-0.2, -0.15) is 0 Å². The number of nitrogens with one attached hydrogen (secondary N) is 1. The minimum absolute atomic E-state index is 0.0233. The number of rotatable bonds is 5. The summed E-state index contributed by atoms with van der Waals surface area (Å²) in [7, 11) is 0. The predicted molar refractivity (Wildman–Crippen MR) is 113 cm³/mol. The monoisotopic (exact) mass is 393 g/mol. The van der Waals surface area contributed by atoms with E-state index in [0.717, 1.165) is 45.1 Å². The molecule has 0 aromatic heterocycles. The van der Waals surface area contributed by atoms with Gasteiger partial charge in [-0.1, -0.05) is 49.4 Å². The molecule has 2 aliphatic carbocycles. The molecule has 2 amide bonds. The van der Waals surface area contributed by atoms with Crippen LogP contribution in [0.3, 0.4) is 0 Å². The van der Waals surface area contributed by atoms with Crippen molar-refractivity contribution in [3.05, 3.63) is 35.4 Å². The molecular formula is C24H31N3O2. The molecule has 1 aliphatic heterocycles. The van der Waals surface area contributed by atoms with Crippen LogP contribution in [-0.2, 0) is 22.4 Å². The first-order chi connectivity index (χ1) is 14.2. The molecule has 3 aliphatic rings. The molecular weight excluding hydrogens is 362 g/mol. The van der Waals surface area contributed by atoms with Gasteiger partial charge in [0.1, 0.15) is 0 Å². The molecule has 1 aromatic rings. The largest absolute Gasteiger partial charge is 0.353 e. The molecule has 5 nitrogen and oxygen atoms in total. The number of carbonyl (C=O) groups excluding carboxylic acids is 2. The van der Waals surface area contributed by atoms with Crippen molar-refractivity contribution < 1.29 is 9.59 Å². The summed E-state index contributed by atoms with van der Waals surface area (Å²) in [6.45, 7) is 1.78. The minimum atomic E-state index is -0.403. The van der Waals surface area contributed by atoms with Crippen LogP contribution in [-0.4, -0.2) is 59.4 Å². The van der Waals surface area contributed by atoms with Gasteiger partial charge in [-0.05, 0) is 36.8 Å². The summed E-state index contributed by atoms with van der Waals surface area (Å²) in [5.74, 6) is 2.67. The van der Waals surface area contributed by atoms with Gasteiger partial charge in [0.2, 0.25) is 11.8 Å². The number of amides is 2. The number of piperazine rings is 1. The SMILES string of the molecule is C#CCN(C(=O)C[C@H]1C(=O)NCCN1C1Cc2ccccc2C1)C1CCCCC1. The van der Waals surface area contributed by atoms with Crippen molar-refractivity contribution in [3.63, 3.8) is 0 Å². The van der Waals surface area contributed by atoms with Crippen molar-refractivity contribution in [2.24, 2.45) is 0 Å². The van der Waals surface area contributed by atoms with Crippen LogP contribution >= 0.6 is 0 Å². The third-order valence-corrected chi connectivity index (χ3v) is 6.84. The first-order valence-corrected chi connectivity index (χ1v) is 11.0. The molecule has 1 heterocycles. The van der Waals surface area contributed by atoms with E-state index in [-0.39, 0.29) is 30.3 Å². The number of hydrogen-bond acceptors (Lipinski definition) is 3. The summed E-state index contributed by atoms with van der Waals surface area (Å²) in [5.41, 5.74) is 2.73. The van der Waals surface area contributed by atoms with Gasteiger partial charge in [0.25, 0.3) is 0 Å². The van der Waals surface area contributed by atoms with Crippen LogP contribution in [0.25, 0.3) is 0 Å². The van der Waals surface area contributed by atoms with Gasteiger partial charge >= 0.3 is 0 Å². The van der Waals surface area contributed by atoms with E-state index in [1.54, 1.807) is 0 Å². The van der Waals surface area contributed by atoms with Gasteiger partial charge in [-0.25, -0.2) is 0 Å². The van der Waals surface area contributed by atoms with Gasteiger partial charge in [-0.3, -0.25) is 14.5 Å². The summed E-state index contributed by atoms with van der Waals surface area (Å²) in [6, 6.07) is 8.61. The van der Waals surface area contributed by atoms with Crippen molar-refractivity contribution in [1.29, 1.82) is 0 Å². The normalized spacial score (nSPS) is 23.3. The fraction of sp³-hybridized carbons (Fsp3) is 0.583. The first kappa shape index (κ1) is 20.0. The van der Waals surface area contributed by atoms with Gasteiger partial charge in [0.15, 0.2) is 0 Å². The highest BCUT2D eigenvalue weighted by Crippen LogP contribution is 2.29. The Morgan fingerprint density at radius 3 is 2.52 bits per heavy atom. The number of hydrogen-bond donors (Lipinski definition) is 1. The number of carbonyl (C=O) groups is 2. The Morgan fingerprint density at radius 1 is 1.17 bits per heavy atom. The molecule has 0 spiro atoms. The number of fused-ring (bicyclic) bond motifs is 1. The van der Waals surface area contributed by atoms with Crippen molar-refractivity contribution in [2.45, 2.75) is 69.5 Å². The van der Waals surface area contributed by atoms with Crippen LogP contribution in [0.2, 0.25) is 0 Å². The van der Waals surface area contributed by atoms with Crippen LogP contribution in [0.1, 0.15) is 49.7 Å². The molecule has 154 valence electrons. The van der Waals surface area contributed by atoms with Gasteiger partial charge in [0, 0.05) is 25.2 Å². The quantitative estimate of drug-likeness (QED) is 0.780. The van der Waals surface area contributed by atoms with Crippen LogP contribution in [0.4, 0.5) is 0 Å². The van der Waals surface area contributed by atoms with Crippen LogP contribution < -0.4 is 5.32 Å². The van der Waals surface area contributed by atoms with E-state index < -0.39 is 6.04 Å². The average molecular weight is 394 g/mol. The molecule has 0 radical (unpaired) electrons. The Morgan fingerprint density at radius 2 is 1.86 bits per heavy atom. The second kappa shape index (κ2) is 9.00. The smallest absolute Gasteiger partial charge is 0.237 e. The number of benzene rings is 1. The Hall–Kier alpha value is -2.32. The summed E-state index contributed by atoms with van der Waals surface area (Å²) in [4.78, 5) is 30.1. The zero-order valence-electron chi connectivity index (χ0n) is 17.1. The lowest BCUT2D eigenvalue weighted by molar-refractivity contribution is -0.141. The predicted octanol–water partition coefficient (Wildman–Crippen LogP) is 2.14. The van der Waals surface area contributed by atoms with Crippen molar-refractivity contribution >= 4 is 11.8 Å². The first-order valence-electron chi connectivity index (χ1n) is 11.0. The van der Waals surface area contributed by atoms with E-state index in [9.17, 15) is 9.59 Å². The third-order valence-electron chi connectivity index (χ3n) is 6.84. The fourth-order valence-corrected chi connectivity index (χ4v) is 5.34. The average Bonchev–Trinajstić information content (AvgIpc) is 3.18. The summed E-state index contributed by atoms with van der Waals surface area (Å²) < 4.78 is 0. The minimum Gasteiger partial charge on any atom is -0.353 e. The summed E-state index contributed by atoms with van der Waals surface area (Å²) in [5, 5.41) is 2.97. The highest BCUT2D eigenvalue weighted by molar-refractivity contribution is 5.89. The lowest BCUT2D eigenvalue weighted by atomic mass is 9.93. The lowest BCUT2D eigenvalue weighted by Crippen LogP contribution is -2.60.